The van der Waals surface area contributed by atoms with E-state index in [1.807, 2.05) is 30.3 Å². The summed E-state index contributed by atoms with van der Waals surface area (Å²) in [7, 11) is -0.137. The molecule has 0 fully saturated rings. The van der Waals surface area contributed by atoms with E-state index in [-0.39, 0.29) is 6.42 Å². The van der Waals surface area contributed by atoms with Crippen LogP contribution in [0.1, 0.15) is 18.9 Å². The van der Waals surface area contributed by atoms with Gasteiger partial charge in [-0.1, -0.05) is 30.3 Å². The molecule has 0 amide bonds. The first-order valence-corrected chi connectivity index (χ1v) is 6.93. The molecule has 0 atom stereocenters. The Bertz CT molecular complexity index is 407. The largest absolute Gasteiger partial charge is 0.353 e. The maximum absolute atomic E-state index is 12.4. The van der Waals surface area contributed by atoms with Gasteiger partial charge in [-0.3, -0.25) is 4.55 Å². The maximum Gasteiger partial charge on any atom is 0.353 e. The topological polar surface area (TPSA) is 54.4 Å². The molecule has 0 spiro atoms. The van der Waals surface area contributed by atoms with Gasteiger partial charge in [0.15, 0.2) is 0 Å². The predicted octanol–water partition coefficient (Wildman–Crippen LogP) is 3.30. The van der Waals surface area contributed by atoms with Crippen LogP contribution in [-0.2, 0) is 15.8 Å². The van der Waals surface area contributed by atoms with Gasteiger partial charge in [-0.15, -0.1) is 0 Å². The van der Waals surface area contributed by atoms with E-state index in [1.54, 1.807) is 0 Å². The summed E-state index contributed by atoms with van der Waals surface area (Å²) in [4.78, 5) is 0. The highest BCUT2D eigenvalue weighted by Gasteiger charge is 2.19. The Labute approximate surface area is 104 Å². The Balaban J connectivity index is 0.000000437. The third-order valence-electron chi connectivity index (χ3n) is 1.70. The number of halogens is 3. The van der Waals surface area contributed by atoms with Gasteiger partial charge in [0.25, 0.3) is 0 Å². The highest BCUT2D eigenvalue weighted by molar-refractivity contribution is 8.09. The van der Waals surface area contributed by atoms with Gasteiger partial charge < -0.3 is 0 Å². The first-order valence-electron chi connectivity index (χ1n) is 4.67. The van der Waals surface area contributed by atoms with Crippen molar-refractivity contribution in [2.45, 2.75) is 25.7 Å². The summed E-state index contributed by atoms with van der Waals surface area (Å²) in [5, 5.41) is 0. The standard InChI is InChI=1S/C10H12F2.ClHO3S/c1-10(11,12)8-7-9-5-3-2-4-6-9;1-5(2,3)4/h2-6H,7-8H2,1H3;(H,2,3,4). The third kappa shape index (κ3) is 15.3. The lowest BCUT2D eigenvalue weighted by molar-refractivity contribution is 0.0133. The summed E-state index contributed by atoms with van der Waals surface area (Å²) < 4.78 is 50.0. The van der Waals surface area contributed by atoms with E-state index in [1.165, 1.54) is 0 Å². The predicted molar refractivity (Wildman–Crippen MR) is 62.8 cm³/mol. The van der Waals surface area contributed by atoms with Crippen LogP contribution in [-0.4, -0.2) is 18.9 Å². The molecule has 0 aliphatic carbocycles. The second kappa shape index (κ2) is 6.88. The van der Waals surface area contributed by atoms with Crippen LogP contribution in [0.25, 0.3) is 0 Å². The number of benzene rings is 1. The molecule has 0 heterocycles. The van der Waals surface area contributed by atoms with Crippen molar-refractivity contribution in [3.63, 3.8) is 0 Å². The Kier molecular flexibility index (Phi) is 6.59. The lowest BCUT2D eigenvalue weighted by Crippen LogP contribution is -2.10. The second-order valence-electron chi connectivity index (χ2n) is 3.47. The van der Waals surface area contributed by atoms with E-state index in [9.17, 15) is 8.78 Å². The number of rotatable bonds is 3. The quantitative estimate of drug-likeness (QED) is 0.685. The Morgan fingerprint density at radius 3 is 2.06 bits per heavy atom. The molecular formula is C10H13ClF2O3S. The molecule has 17 heavy (non-hydrogen) atoms. The van der Waals surface area contributed by atoms with Crippen molar-refractivity contribution in [1.82, 2.24) is 0 Å². The van der Waals surface area contributed by atoms with Gasteiger partial charge in [-0.25, -0.2) is 8.78 Å². The molecule has 98 valence electrons. The van der Waals surface area contributed by atoms with Gasteiger partial charge in [0.1, 0.15) is 0 Å². The van der Waals surface area contributed by atoms with E-state index in [0.29, 0.717) is 6.42 Å². The second-order valence-corrected chi connectivity index (χ2v) is 5.46. The van der Waals surface area contributed by atoms with E-state index < -0.39 is 15.3 Å². The fraction of sp³-hybridized carbons (Fsp3) is 0.400. The summed E-state index contributed by atoms with van der Waals surface area (Å²) in [5.41, 5.74) is 0.971. The van der Waals surface area contributed by atoms with E-state index >= 15 is 0 Å². The molecule has 7 heteroatoms. The van der Waals surface area contributed by atoms with E-state index in [4.69, 9.17) is 13.0 Å². The Morgan fingerprint density at radius 2 is 1.71 bits per heavy atom. The molecular weight excluding hydrogens is 274 g/mol. The first kappa shape index (κ1) is 16.3. The van der Waals surface area contributed by atoms with Gasteiger partial charge in [-0.05, 0) is 18.9 Å². The zero-order valence-electron chi connectivity index (χ0n) is 9.11. The molecule has 0 aliphatic heterocycles. The fourth-order valence-electron chi connectivity index (χ4n) is 1.01. The molecule has 0 aromatic heterocycles. The van der Waals surface area contributed by atoms with Crippen LogP contribution < -0.4 is 0 Å². The fourth-order valence-corrected chi connectivity index (χ4v) is 1.01. The van der Waals surface area contributed by atoms with Crippen LogP contribution in [0.15, 0.2) is 30.3 Å². The lowest BCUT2D eigenvalue weighted by Gasteiger charge is -2.08. The molecule has 0 saturated carbocycles. The minimum absolute atomic E-state index is 0.0724. The summed E-state index contributed by atoms with van der Waals surface area (Å²) in [6.07, 6.45) is 0.376. The highest BCUT2D eigenvalue weighted by atomic mass is 35.7. The zero-order chi connectivity index (χ0) is 13.5. The SMILES string of the molecule is CC(F)(F)CCc1ccccc1.O=S(=O)(O)Cl. The smallest absolute Gasteiger partial charge is 0.273 e. The molecule has 1 N–H and O–H groups in total. The van der Waals surface area contributed by atoms with Gasteiger partial charge in [0.2, 0.25) is 5.92 Å². The first-order chi connectivity index (χ1) is 7.58. The molecule has 0 aliphatic rings. The maximum atomic E-state index is 12.4. The molecule has 0 unspecified atom stereocenters. The van der Waals surface area contributed by atoms with Crippen LogP contribution >= 0.6 is 10.7 Å². The van der Waals surface area contributed by atoms with Crippen molar-refractivity contribution in [2.24, 2.45) is 0 Å². The van der Waals surface area contributed by atoms with Crippen LogP contribution in [0.4, 0.5) is 8.78 Å². The number of hydrogen-bond acceptors (Lipinski definition) is 2. The lowest BCUT2D eigenvalue weighted by atomic mass is 10.1. The molecule has 0 bridgehead atoms. The zero-order valence-corrected chi connectivity index (χ0v) is 10.7. The van der Waals surface area contributed by atoms with E-state index in [2.05, 4.69) is 10.7 Å². The van der Waals surface area contributed by atoms with E-state index in [0.717, 1.165) is 12.5 Å². The molecule has 1 aromatic rings. The molecule has 0 saturated heterocycles. The summed E-state index contributed by atoms with van der Waals surface area (Å²) in [6, 6.07) is 9.34. The Hall–Kier alpha value is -0.720. The average Bonchev–Trinajstić information content (AvgIpc) is 2.13. The van der Waals surface area contributed by atoms with Crippen molar-refractivity contribution in [3.05, 3.63) is 35.9 Å². The molecule has 1 rings (SSSR count). The summed E-state index contributed by atoms with van der Waals surface area (Å²) >= 11 is 0. The molecule has 0 radical (unpaired) electrons. The number of alkyl halides is 2. The third-order valence-corrected chi connectivity index (χ3v) is 1.70. The average molecular weight is 287 g/mol. The van der Waals surface area contributed by atoms with Gasteiger partial charge in [0.05, 0.1) is 0 Å². The van der Waals surface area contributed by atoms with Crippen LogP contribution in [0.2, 0.25) is 0 Å². The summed E-state index contributed by atoms with van der Waals surface area (Å²) in [6.45, 7) is 0.954. The van der Waals surface area contributed by atoms with Crippen molar-refractivity contribution in [3.8, 4) is 0 Å². The highest BCUT2D eigenvalue weighted by Crippen LogP contribution is 2.19. The Morgan fingerprint density at radius 1 is 1.29 bits per heavy atom. The number of aryl methyl sites for hydroxylation is 1. The van der Waals surface area contributed by atoms with Crippen molar-refractivity contribution >= 4 is 20.0 Å². The molecule has 3 nitrogen and oxygen atoms in total. The van der Waals surface area contributed by atoms with Crippen LogP contribution in [0, 0.1) is 0 Å². The summed E-state index contributed by atoms with van der Waals surface area (Å²) in [5.74, 6) is -2.55. The van der Waals surface area contributed by atoms with Gasteiger partial charge in [0, 0.05) is 17.1 Å². The number of hydrogen-bond donors (Lipinski definition) is 1. The van der Waals surface area contributed by atoms with Crippen molar-refractivity contribution in [1.29, 1.82) is 0 Å². The van der Waals surface area contributed by atoms with Gasteiger partial charge in [-0.2, -0.15) is 8.42 Å². The van der Waals surface area contributed by atoms with Gasteiger partial charge >= 0.3 is 9.33 Å². The van der Waals surface area contributed by atoms with Crippen molar-refractivity contribution < 1.29 is 21.8 Å². The molecule has 1 aromatic carbocycles. The minimum Gasteiger partial charge on any atom is -0.273 e. The normalized spacial score (nSPS) is 11.6. The van der Waals surface area contributed by atoms with Crippen LogP contribution in [0.3, 0.4) is 0 Å². The minimum atomic E-state index is -4.19. The van der Waals surface area contributed by atoms with Crippen molar-refractivity contribution in [2.75, 3.05) is 0 Å². The monoisotopic (exact) mass is 286 g/mol. The van der Waals surface area contributed by atoms with Crippen LogP contribution in [0.5, 0.6) is 0 Å².